The first-order valence-corrected chi connectivity index (χ1v) is 16.2. The molecule has 2 heterocycles. The van der Waals surface area contributed by atoms with Crippen LogP contribution in [0, 0.1) is 0 Å². The Bertz CT molecular complexity index is 665. The molecule has 0 bridgehead atoms. The Labute approximate surface area is 177 Å². The van der Waals surface area contributed by atoms with Crippen molar-refractivity contribution in [2.45, 2.75) is 103 Å². The second kappa shape index (κ2) is 8.15. The summed E-state index contributed by atoms with van der Waals surface area (Å²) in [6.45, 7) is 21.4. The second-order valence-corrected chi connectivity index (χ2v) is 21.4. The Morgan fingerprint density at radius 3 is 1.55 bits per heavy atom. The summed E-state index contributed by atoms with van der Waals surface area (Å²) >= 11 is 0. The lowest BCUT2D eigenvalue weighted by atomic mass is 10.1. The molecule has 2 N–H and O–H groups in total. The van der Waals surface area contributed by atoms with Gasteiger partial charge in [-0.1, -0.05) is 67.7 Å². The summed E-state index contributed by atoms with van der Waals surface area (Å²) < 4.78 is 3.60. The number of carbonyl (C=O) groups excluding carboxylic acids is 2. The van der Waals surface area contributed by atoms with Crippen molar-refractivity contribution in [3.8, 4) is 0 Å². The van der Waals surface area contributed by atoms with Crippen LogP contribution >= 0.6 is 0 Å². The van der Waals surface area contributed by atoms with Crippen molar-refractivity contribution in [3.05, 3.63) is 0 Å². The van der Waals surface area contributed by atoms with Gasteiger partial charge in [-0.05, 0) is 10.1 Å². The zero-order chi connectivity index (χ0) is 23.2. The maximum atomic E-state index is 11.5. The van der Waals surface area contributed by atoms with E-state index >= 15 is 0 Å². The van der Waals surface area contributed by atoms with Crippen LogP contribution in [-0.4, -0.2) is 72.3 Å². The fraction of sp³-hybridized carbons (Fsp3) is 0.850. The number of hydrogen-bond donors (Lipinski definition) is 2. The van der Waals surface area contributed by atoms with Crippen LogP contribution in [0.2, 0.25) is 36.3 Å². The first-order valence-electron chi connectivity index (χ1n) is 10.3. The van der Waals surface area contributed by atoms with Gasteiger partial charge in [0, 0.05) is 6.42 Å². The van der Waals surface area contributed by atoms with E-state index in [0.29, 0.717) is 6.42 Å². The van der Waals surface area contributed by atoms with Crippen LogP contribution in [0.25, 0.3) is 0 Å². The molecule has 2 rings (SSSR count). The lowest BCUT2D eigenvalue weighted by Crippen LogP contribution is -2.70. The third-order valence-corrected chi connectivity index (χ3v) is 18.3. The highest BCUT2D eigenvalue weighted by Gasteiger charge is 2.54. The maximum Gasteiger partial charge on any atom is 0.326 e. The molecule has 2 amide bonds. The van der Waals surface area contributed by atoms with Gasteiger partial charge < -0.3 is 19.3 Å². The van der Waals surface area contributed by atoms with Gasteiger partial charge in [0.05, 0.1) is 19.1 Å². The fourth-order valence-electron chi connectivity index (χ4n) is 3.44. The smallest absolute Gasteiger partial charge is 0.326 e. The van der Waals surface area contributed by atoms with Crippen LogP contribution in [-0.2, 0) is 14.4 Å². The highest BCUT2D eigenvalue weighted by atomic mass is 28.3. The maximum absolute atomic E-state index is 11.5. The van der Waals surface area contributed by atoms with Crippen molar-refractivity contribution in [1.29, 1.82) is 0 Å². The molecule has 9 heteroatoms. The number of carboxylic acids is 1. The quantitative estimate of drug-likeness (QED) is 0.512. The number of nitrogens with zero attached hydrogens (tertiary/aromatic N) is 2. The Kier molecular flexibility index (Phi) is 7.26. The number of rotatable bonds is 4. The van der Waals surface area contributed by atoms with E-state index in [1.54, 1.807) is 4.57 Å². The molecule has 0 unspecified atom stereocenters. The number of hydrogen-bond acceptors (Lipinski definition) is 4. The highest BCUT2D eigenvalue weighted by Crippen LogP contribution is 2.43. The van der Waals surface area contributed by atoms with Gasteiger partial charge in [0.25, 0.3) is 0 Å². The van der Waals surface area contributed by atoms with E-state index in [1.165, 1.54) is 0 Å². The van der Waals surface area contributed by atoms with Crippen molar-refractivity contribution in [1.82, 2.24) is 9.13 Å². The molecule has 0 aromatic heterocycles. The van der Waals surface area contributed by atoms with Gasteiger partial charge in [-0.3, -0.25) is 14.4 Å². The average Bonchev–Trinajstić information content (AvgIpc) is 2.46. The number of carbonyl (C=O) groups is 3. The van der Waals surface area contributed by atoms with E-state index in [1.807, 2.05) is 4.57 Å². The van der Waals surface area contributed by atoms with E-state index in [4.69, 9.17) is 10.2 Å². The molecule has 0 radical (unpaired) electrons. The molecule has 0 aromatic carbocycles. The molecule has 2 aliphatic rings. The number of amides is 2. The summed E-state index contributed by atoms with van der Waals surface area (Å²) in [4.78, 5) is 34.0. The van der Waals surface area contributed by atoms with Crippen LogP contribution in [0.3, 0.4) is 0 Å². The Morgan fingerprint density at radius 2 is 1.28 bits per heavy atom. The molecule has 0 aliphatic carbocycles. The number of aliphatic hydroxyl groups is 1. The van der Waals surface area contributed by atoms with Crippen LogP contribution < -0.4 is 0 Å². The van der Waals surface area contributed by atoms with Gasteiger partial charge in [0.2, 0.25) is 11.8 Å². The van der Waals surface area contributed by atoms with E-state index in [2.05, 4.69) is 67.7 Å². The van der Waals surface area contributed by atoms with Gasteiger partial charge in [-0.25, -0.2) is 0 Å². The van der Waals surface area contributed by atoms with Gasteiger partial charge in [-0.2, -0.15) is 0 Å². The highest BCUT2D eigenvalue weighted by molar-refractivity contribution is 6.80. The summed E-state index contributed by atoms with van der Waals surface area (Å²) in [5.74, 6) is -0.663. The molecule has 0 aromatic rings. The number of β-lactam (4-membered cyclic amide) rings is 2. The molecule has 2 atom stereocenters. The van der Waals surface area contributed by atoms with Crippen molar-refractivity contribution in [2.75, 3.05) is 6.61 Å². The van der Waals surface area contributed by atoms with E-state index < -0.39 is 28.5 Å². The molecule has 2 aliphatic heterocycles. The fourth-order valence-corrected chi connectivity index (χ4v) is 8.38. The largest absolute Gasteiger partial charge is 0.480 e. The minimum absolute atomic E-state index is 0.00319. The van der Waals surface area contributed by atoms with Crippen LogP contribution in [0.4, 0.5) is 0 Å². The average molecular weight is 445 g/mol. The summed E-state index contributed by atoms with van der Waals surface area (Å²) in [6.07, 6.45) is 0.699. The van der Waals surface area contributed by atoms with Crippen molar-refractivity contribution >= 4 is 34.3 Å². The molecule has 0 saturated carbocycles. The van der Waals surface area contributed by atoms with Gasteiger partial charge >= 0.3 is 5.97 Å². The zero-order valence-electron chi connectivity index (χ0n) is 19.8. The second-order valence-electron chi connectivity index (χ2n) is 11.2. The minimum Gasteiger partial charge on any atom is -0.480 e. The topological polar surface area (TPSA) is 98.2 Å². The first-order chi connectivity index (χ1) is 12.8. The predicted molar refractivity (Wildman–Crippen MR) is 120 cm³/mol. The lowest BCUT2D eigenvalue weighted by molar-refractivity contribution is -0.156. The summed E-state index contributed by atoms with van der Waals surface area (Å²) in [5, 5.41) is 18.3. The van der Waals surface area contributed by atoms with Gasteiger partial charge in [0.1, 0.15) is 6.04 Å². The third-order valence-electron chi connectivity index (χ3n) is 7.36. The molecule has 168 valence electrons. The standard InChI is InChI=1S/C10H19NO3Si.C10H21NO2Si/c1-10(2,3)15(4,5)11-7(9(13)14)6-8(11)12;1-10(2,3)14(4,5)11-8(7-12)6-9(11)13/h7H,6H2,1-5H3,(H,13,14);8,12H,6-7H2,1-5H3/t7-;8-/m11/s1. The number of carboxylic acid groups (broad SMARTS) is 1. The van der Waals surface area contributed by atoms with E-state index in [9.17, 15) is 14.4 Å². The zero-order valence-corrected chi connectivity index (χ0v) is 21.8. The van der Waals surface area contributed by atoms with E-state index in [-0.39, 0.29) is 41.0 Å². The van der Waals surface area contributed by atoms with Gasteiger partial charge in [0.15, 0.2) is 16.5 Å². The summed E-state index contributed by atoms with van der Waals surface area (Å²) in [6, 6.07) is -0.498. The molecule has 7 nitrogen and oxygen atoms in total. The SMILES string of the molecule is CC(C)(C)[Si](C)(C)N1C(=O)C[C@@H]1C(=O)O.CC(C)(C)[Si](C)(C)N1C(=O)C[C@@H]1CO. The van der Waals surface area contributed by atoms with Crippen molar-refractivity contribution < 1.29 is 24.6 Å². The molecule has 0 spiro atoms. The molecule has 2 saturated heterocycles. The molecular formula is C20H40N2O5Si2. The molecule has 29 heavy (non-hydrogen) atoms. The number of aliphatic carboxylic acids is 1. The molecular weight excluding hydrogens is 404 g/mol. The number of aliphatic hydroxyl groups excluding tert-OH is 1. The summed E-state index contributed by atoms with van der Waals surface area (Å²) in [7, 11) is -3.75. The van der Waals surface area contributed by atoms with Crippen LogP contribution in [0.15, 0.2) is 0 Å². The van der Waals surface area contributed by atoms with Crippen LogP contribution in [0.1, 0.15) is 54.4 Å². The van der Waals surface area contributed by atoms with Crippen molar-refractivity contribution in [3.63, 3.8) is 0 Å². The first kappa shape index (κ1) is 25.8. The van der Waals surface area contributed by atoms with E-state index in [0.717, 1.165) is 0 Å². The minimum atomic E-state index is -2.01. The Balaban J connectivity index is 0.000000291. The van der Waals surface area contributed by atoms with Crippen LogP contribution in [0.5, 0.6) is 0 Å². The predicted octanol–water partition coefficient (Wildman–Crippen LogP) is 3.26. The normalized spacial score (nSPS) is 23.1. The lowest BCUT2D eigenvalue weighted by Gasteiger charge is -2.54. The Hall–Kier alpha value is -1.20. The van der Waals surface area contributed by atoms with Crippen molar-refractivity contribution in [2.24, 2.45) is 0 Å². The summed E-state index contributed by atoms with van der Waals surface area (Å²) in [5.41, 5.74) is 0. The Morgan fingerprint density at radius 1 is 0.897 bits per heavy atom. The third kappa shape index (κ3) is 4.77. The van der Waals surface area contributed by atoms with Gasteiger partial charge in [-0.15, -0.1) is 0 Å². The monoisotopic (exact) mass is 444 g/mol. The molecule has 2 fully saturated rings.